The number of ketones is 1. The van der Waals surface area contributed by atoms with E-state index in [1.165, 1.54) is 17.4 Å². The van der Waals surface area contributed by atoms with Crippen LogP contribution in [-0.2, 0) is 6.54 Å². The van der Waals surface area contributed by atoms with Crippen molar-refractivity contribution >= 4 is 11.9 Å². The van der Waals surface area contributed by atoms with Gasteiger partial charge in [-0.15, -0.1) is 0 Å². The van der Waals surface area contributed by atoms with Crippen LogP contribution in [0.25, 0.3) is 6.08 Å². The fourth-order valence-corrected chi connectivity index (χ4v) is 4.24. The zero-order valence-electron chi connectivity index (χ0n) is 18.1. The second kappa shape index (κ2) is 8.89. The first-order valence-corrected chi connectivity index (χ1v) is 10.5. The Balaban J connectivity index is 1.69. The van der Waals surface area contributed by atoms with Crippen molar-refractivity contribution in [3.05, 3.63) is 46.7 Å². The predicted molar refractivity (Wildman–Crippen MR) is 113 cm³/mol. The number of carbonyl (C=O) groups excluding carboxylic acids is 1. The fourth-order valence-electron chi connectivity index (χ4n) is 4.24. The van der Waals surface area contributed by atoms with Crippen LogP contribution in [0, 0.1) is 0 Å². The van der Waals surface area contributed by atoms with Crippen LogP contribution >= 0.6 is 0 Å². The van der Waals surface area contributed by atoms with Gasteiger partial charge in [0.25, 0.3) is 0 Å². The smallest absolute Gasteiger partial charge is 0.231 e. The number of allylic oxidation sites excluding steroid dienone is 1. The molecule has 164 valence electrons. The summed E-state index contributed by atoms with van der Waals surface area (Å²) < 4.78 is 22.1. The van der Waals surface area contributed by atoms with E-state index in [0.29, 0.717) is 46.2 Å². The van der Waals surface area contributed by atoms with Crippen LogP contribution in [0.3, 0.4) is 0 Å². The number of fused-ring (bicyclic) bond motifs is 1. The molecule has 0 radical (unpaired) electrons. The Morgan fingerprint density at radius 3 is 2.35 bits per heavy atom. The Bertz CT molecular complexity index is 1020. The Morgan fingerprint density at radius 2 is 1.68 bits per heavy atom. The Morgan fingerprint density at radius 1 is 1.00 bits per heavy atom. The molecule has 0 spiro atoms. The maximum atomic E-state index is 13.0. The van der Waals surface area contributed by atoms with Crippen LogP contribution in [-0.4, -0.2) is 40.2 Å². The second-order valence-electron chi connectivity index (χ2n) is 7.80. The number of hydrogen-bond donors (Lipinski definition) is 1. The first-order chi connectivity index (χ1) is 15.0. The summed E-state index contributed by atoms with van der Waals surface area (Å²) >= 11 is 0. The second-order valence-corrected chi connectivity index (χ2v) is 7.80. The van der Waals surface area contributed by atoms with E-state index < -0.39 is 0 Å². The lowest BCUT2D eigenvalue weighted by Crippen LogP contribution is -3.11. The van der Waals surface area contributed by atoms with Gasteiger partial charge in [0.15, 0.2) is 17.3 Å². The summed E-state index contributed by atoms with van der Waals surface area (Å²) in [5, 5.41) is 12.6. The molecule has 31 heavy (non-hydrogen) atoms. The van der Waals surface area contributed by atoms with Crippen molar-refractivity contribution in [3.63, 3.8) is 0 Å². The third kappa shape index (κ3) is 4.05. The monoisotopic (exact) mass is 425 g/mol. The minimum atomic E-state index is -0.248. The van der Waals surface area contributed by atoms with Crippen LogP contribution < -0.4 is 29.0 Å². The highest BCUT2D eigenvalue weighted by Crippen LogP contribution is 2.40. The number of likely N-dealkylation sites (tertiary alicyclic amines) is 1. The van der Waals surface area contributed by atoms with Gasteiger partial charge in [0.05, 0.1) is 40.0 Å². The number of ether oxygens (including phenoxy) is 4. The molecule has 2 aliphatic rings. The fraction of sp³-hybridized carbons (Fsp3) is 0.375. The van der Waals surface area contributed by atoms with Gasteiger partial charge in [-0.3, -0.25) is 4.79 Å². The molecule has 2 aromatic rings. The lowest BCUT2D eigenvalue weighted by Gasteiger charge is -2.26. The average molecular weight is 425 g/mol. The van der Waals surface area contributed by atoms with Gasteiger partial charge >= 0.3 is 0 Å². The van der Waals surface area contributed by atoms with Gasteiger partial charge in [-0.2, -0.15) is 0 Å². The van der Waals surface area contributed by atoms with Crippen LogP contribution in [0.4, 0.5) is 0 Å². The quantitative estimate of drug-likeness (QED) is 0.713. The molecule has 2 aromatic carbocycles. The van der Waals surface area contributed by atoms with Gasteiger partial charge in [0, 0.05) is 17.2 Å². The zero-order chi connectivity index (χ0) is 22.0. The van der Waals surface area contributed by atoms with Crippen LogP contribution in [0.1, 0.15) is 40.7 Å². The van der Waals surface area contributed by atoms with Gasteiger partial charge < -0.3 is 29.0 Å². The van der Waals surface area contributed by atoms with Crippen LogP contribution in [0.2, 0.25) is 0 Å². The van der Waals surface area contributed by atoms with Crippen molar-refractivity contribution in [1.29, 1.82) is 0 Å². The van der Waals surface area contributed by atoms with Gasteiger partial charge in [-0.1, -0.05) is 11.8 Å². The van der Waals surface area contributed by atoms with E-state index in [9.17, 15) is 9.90 Å². The number of carbonyl (C=O) groups is 1. The number of benzene rings is 2. The lowest BCUT2D eigenvalue weighted by molar-refractivity contribution is -0.918. The minimum absolute atomic E-state index is 0.0884. The Hall–Kier alpha value is -3.19. The highest BCUT2D eigenvalue weighted by atomic mass is 16.5. The van der Waals surface area contributed by atoms with E-state index in [1.807, 2.05) is 0 Å². The van der Waals surface area contributed by atoms with Crippen molar-refractivity contribution in [3.8, 4) is 28.7 Å². The first-order valence-electron chi connectivity index (χ1n) is 10.5. The maximum Gasteiger partial charge on any atom is 0.231 e. The molecule has 2 heterocycles. The molecule has 0 amide bonds. The third-order valence-corrected chi connectivity index (χ3v) is 5.91. The Kier molecular flexibility index (Phi) is 6.04. The molecule has 4 rings (SSSR count). The van der Waals surface area contributed by atoms with E-state index in [4.69, 9.17) is 18.9 Å². The summed E-state index contributed by atoms with van der Waals surface area (Å²) in [4.78, 5) is 14.4. The number of quaternary nitrogens is 1. The number of Topliss-reactive ketones (excluding diaryl/α,β-unsaturated/α-hetero) is 1. The predicted octanol–water partition coefficient (Wildman–Crippen LogP) is 1.97. The number of hydrogen-bond acceptors (Lipinski definition) is 6. The molecular weight excluding hydrogens is 398 g/mol. The molecule has 1 N–H and O–H groups in total. The summed E-state index contributed by atoms with van der Waals surface area (Å²) in [5.74, 6) is 1.75. The van der Waals surface area contributed by atoms with Gasteiger partial charge in [0.2, 0.25) is 5.78 Å². The van der Waals surface area contributed by atoms with Gasteiger partial charge in [-0.05, 0) is 37.5 Å². The molecule has 0 saturated carbocycles. The normalized spacial score (nSPS) is 17.4. The number of nitrogens with one attached hydrogen (secondary N) is 1. The highest BCUT2D eigenvalue weighted by Gasteiger charge is 2.31. The van der Waals surface area contributed by atoms with Gasteiger partial charge in [-0.25, -0.2) is 0 Å². The van der Waals surface area contributed by atoms with Crippen molar-refractivity contribution in [2.75, 3.05) is 34.4 Å². The van der Waals surface area contributed by atoms with E-state index in [0.717, 1.165) is 25.9 Å². The van der Waals surface area contributed by atoms with Crippen molar-refractivity contribution in [2.45, 2.75) is 25.8 Å². The lowest BCUT2D eigenvalue weighted by atomic mass is 10.0. The summed E-state index contributed by atoms with van der Waals surface area (Å²) in [6, 6.07) is 6.45. The van der Waals surface area contributed by atoms with E-state index in [1.54, 1.807) is 45.6 Å². The van der Waals surface area contributed by atoms with Crippen LogP contribution in [0.5, 0.6) is 28.7 Å². The van der Waals surface area contributed by atoms with Crippen molar-refractivity contribution < 1.29 is 33.7 Å². The summed E-state index contributed by atoms with van der Waals surface area (Å²) in [5.41, 5.74) is 1.61. The molecule has 0 atom stereocenters. The van der Waals surface area contributed by atoms with Crippen LogP contribution in [0.15, 0.2) is 30.0 Å². The highest BCUT2D eigenvalue weighted by molar-refractivity contribution is 6.15. The van der Waals surface area contributed by atoms with E-state index in [-0.39, 0.29) is 17.3 Å². The summed E-state index contributed by atoms with van der Waals surface area (Å²) in [6.45, 7) is 2.63. The van der Waals surface area contributed by atoms with Crippen molar-refractivity contribution in [1.82, 2.24) is 0 Å². The molecular formula is C24H27NO6. The zero-order valence-corrected chi connectivity index (χ0v) is 18.1. The molecule has 0 aliphatic carbocycles. The minimum Gasteiger partial charge on any atom is -0.872 e. The van der Waals surface area contributed by atoms with E-state index >= 15 is 0 Å². The number of piperidine rings is 1. The van der Waals surface area contributed by atoms with Crippen molar-refractivity contribution in [2.24, 2.45) is 0 Å². The Labute approximate surface area is 181 Å². The largest absolute Gasteiger partial charge is 0.872 e. The summed E-state index contributed by atoms with van der Waals surface area (Å²) in [6.07, 6.45) is 5.16. The molecule has 0 aromatic heterocycles. The van der Waals surface area contributed by atoms with Gasteiger partial charge in [0.1, 0.15) is 18.0 Å². The molecule has 0 bridgehead atoms. The third-order valence-electron chi connectivity index (χ3n) is 5.91. The number of methoxy groups -OCH3 is 3. The molecule has 7 nitrogen and oxygen atoms in total. The standard InChI is InChI=1S/C24H27NO6/c1-28-19-13-21(30-3)20(29-2)11-15(19)12-22-23(27)16-7-8-18(26)17(24(16)31-22)14-25-9-5-4-6-10-25/h7-8,11-13,26H,4-6,9-10,14H2,1-3H3/b22-12-. The topological polar surface area (TPSA) is 81.5 Å². The number of rotatable bonds is 6. The molecule has 1 fully saturated rings. The summed E-state index contributed by atoms with van der Waals surface area (Å²) in [7, 11) is 4.62. The molecule has 1 saturated heterocycles. The van der Waals surface area contributed by atoms with E-state index in [2.05, 4.69) is 0 Å². The molecule has 7 heteroatoms. The molecule has 2 aliphatic heterocycles. The maximum absolute atomic E-state index is 13.0. The molecule has 0 unspecified atom stereocenters. The SMILES string of the molecule is COc1cc(OC)c(OC)cc1/C=C1\Oc2c(ccc([O-])c2C[NH+]2CCCCC2)C1=O. The average Bonchev–Trinajstić information content (AvgIpc) is 3.11. The first kappa shape index (κ1) is 21.1.